The van der Waals surface area contributed by atoms with Crippen LogP contribution >= 0.6 is 0 Å². The van der Waals surface area contributed by atoms with Crippen molar-refractivity contribution in [1.82, 2.24) is 9.91 Å². The molecule has 2 aliphatic heterocycles. The van der Waals surface area contributed by atoms with Crippen LogP contribution in [0.4, 0.5) is 22.4 Å². The SMILES string of the molecule is O=C(N1CC(F)(F)C1)N1N=CC[C@H]1C1CC(F)CC(F)C1. The summed E-state index contributed by atoms with van der Waals surface area (Å²) in [7, 11) is 0. The van der Waals surface area contributed by atoms with Gasteiger partial charge in [0, 0.05) is 19.1 Å². The highest BCUT2D eigenvalue weighted by Gasteiger charge is 2.49. The van der Waals surface area contributed by atoms with Crippen molar-refractivity contribution >= 4 is 12.2 Å². The van der Waals surface area contributed by atoms with E-state index in [0.29, 0.717) is 6.42 Å². The van der Waals surface area contributed by atoms with E-state index in [0.717, 1.165) is 9.91 Å². The molecule has 1 aliphatic carbocycles. The van der Waals surface area contributed by atoms with Crippen LogP contribution in [0.25, 0.3) is 0 Å². The molecule has 0 aromatic rings. The molecule has 2 fully saturated rings. The van der Waals surface area contributed by atoms with Crippen LogP contribution in [0.15, 0.2) is 5.10 Å². The lowest BCUT2D eigenvalue weighted by Gasteiger charge is -2.42. The van der Waals surface area contributed by atoms with Crippen LogP contribution < -0.4 is 0 Å². The third-order valence-corrected chi connectivity index (χ3v) is 4.35. The Kier molecular flexibility index (Phi) is 3.57. The number of urea groups is 1. The number of likely N-dealkylation sites (tertiary alicyclic amines) is 1. The van der Waals surface area contributed by atoms with Crippen molar-refractivity contribution < 1.29 is 22.4 Å². The largest absolute Gasteiger partial charge is 0.341 e. The fourth-order valence-corrected chi connectivity index (χ4v) is 3.34. The molecule has 3 aliphatic rings. The van der Waals surface area contributed by atoms with Crippen LogP contribution in [0, 0.1) is 5.92 Å². The van der Waals surface area contributed by atoms with Crippen LogP contribution in [0.1, 0.15) is 25.7 Å². The standard InChI is InChI=1S/C13H17F4N3O/c14-9-3-8(4-10(15)5-9)11-1-2-18-20(11)12(21)19-6-13(16,17)7-19/h2,8-11H,1,3-7H2/t8?,9?,10?,11-/m0/s1. The highest BCUT2D eigenvalue weighted by molar-refractivity contribution is 5.79. The summed E-state index contributed by atoms with van der Waals surface area (Å²) in [6, 6.07) is -1.03. The maximum Gasteiger partial charge on any atom is 0.341 e. The summed E-state index contributed by atoms with van der Waals surface area (Å²) in [4.78, 5) is 13.2. The van der Waals surface area contributed by atoms with Gasteiger partial charge in [-0.3, -0.25) is 0 Å². The van der Waals surface area contributed by atoms with E-state index >= 15 is 0 Å². The number of nitrogens with zero attached hydrogens (tertiary/aromatic N) is 3. The van der Waals surface area contributed by atoms with Gasteiger partial charge in [0.15, 0.2) is 0 Å². The molecule has 21 heavy (non-hydrogen) atoms. The Labute approximate surface area is 119 Å². The third kappa shape index (κ3) is 2.85. The lowest BCUT2D eigenvalue weighted by Crippen LogP contribution is -2.62. The van der Waals surface area contributed by atoms with E-state index in [2.05, 4.69) is 5.10 Å². The predicted octanol–water partition coefficient (Wildman–Crippen LogP) is 2.59. The first-order valence-electron chi connectivity index (χ1n) is 7.12. The molecule has 2 unspecified atom stereocenters. The van der Waals surface area contributed by atoms with Crippen molar-refractivity contribution in [3.05, 3.63) is 0 Å². The first-order valence-corrected chi connectivity index (χ1v) is 7.12. The van der Waals surface area contributed by atoms with Crippen LogP contribution in [0.3, 0.4) is 0 Å². The second-order valence-electron chi connectivity index (χ2n) is 6.10. The number of hydrazone groups is 1. The Morgan fingerprint density at radius 2 is 1.76 bits per heavy atom. The van der Waals surface area contributed by atoms with Gasteiger partial charge in [0.2, 0.25) is 0 Å². The molecule has 3 rings (SSSR count). The summed E-state index contributed by atoms with van der Waals surface area (Å²) in [6.07, 6.45) is -0.233. The van der Waals surface area contributed by atoms with E-state index in [1.165, 1.54) is 6.21 Å². The fourth-order valence-electron chi connectivity index (χ4n) is 3.34. The fraction of sp³-hybridized carbons (Fsp3) is 0.846. The van der Waals surface area contributed by atoms with Gasteiger partial charge in [-0.2, -0.15) is 5.10 Å². The van der Waals surface area contributed by atoms with E-state index in [4.69, 9.17) is 0 Å². The molecule has 0 N–H and O–H groups in total. The van der Waals surface area contributed by atoms with E-state index in [1.54, 1.807) is 0 Å². The molecule has 0 aromatic carbocycles. The van der Waals surface area contributed by atoms with E-state index < -0.39 is 43.4 Å². The number of carbonyl (C=O) groups is 1. The summed E-state index contributed by atoms with van der Waals surface area (Å²) in [5.74, 6) is -3.16. The van der Waals surface area contributed by atoms with Crippen LogP contribution in [-0.2, 0) is 0 Å². The molecule has 0 bridgehead atoms. The molecular formula is C13H17F4N3O. The van der Waals surface area contributed by atoms with Crippen molar-refractivity contribution in [2.45, 2.75) is 50.0 Å². The van der Waals surface area contributed by atoms with Gasteiger partial charge in [-0.25, -0.2) is 27.4 Å². The molecule has 8 heteroatoms. The Hall–Kier alpha value is -1.34. The Balaban J connectivity index is 1.65. The average molecular weight is 307 g/mol. The van der Waals surface area contributed by atoms with Gasteiger partial charge >= 0.3 is 6.03 Å². The molecule has 0 spiro atoms. The molecule has 3 atom stereocenters. The van der Waals surface area contributed by atoms with Gasteiger partial charge < -0.3 is 4.90 Å². The summed E-state index contributed by atoms with van der Waals surface area (Å²) in [5, 5.41) is 5.05. The molecular weight excluding hydrogens is 290 g/mol. The first kappa shape index (κ1) is 14.6. The highest BCUT2D eigenvalue weighted by Crippen LogP contribution is 2.36. The van der Waals surface area contributed by atoms with Crippen molar-refractivity contribution in [2.24, 2.45) is 11.0 Å². The monoisotopic (exact) mass is 307 g/mol. The summed E-state index contributed by atoms with van der Waals surface area (Å²) >= 11 is 0. The lowest BCUT2D eigenvalue weighted by molar-refractivity contribution is -0.115. The maximum absolute atomic E-state index is 13.5. The minimum atomic E-state index is -2.84. The molecule has 118 valence electrons. The Morgan fingerprint density at radius 1 is 1.14 bits per heavy atom. The maximum atomic E-state index is 13.5. The molecule has 2 amide bonds. The van der Waals surface area contributed by atoms with Crippen molar-refractivity contribution in [3.8, 4) is 0 Å². The van der Waals surface area contributed by atoms with Crippen molar-refractivity contribution in [3.63, 3.8) is 0 Å². The topological polar surface area (TPSA) is 35.9 Å². The zero-order chi connectivity index (χ0) is 15.2. The third-order valence-electron chi connectivity index (χ3n) is 4.35. The van der Waals surface area contributed by atoms with Crippen molar-refractivity contribution in [2.75, 3.05) is 13.1 Å². The number of alkyl halides is 4. The van der Waals surface area contributed by atoms with Gasteiger partial charge in [0.05, 0.1) is 19.1 Å². The van der Waals surface area contributed by atoms with E-state index in [1.807, 2.05) is 0 Å². The number of carbonyl (C=O) groups excluding carboxylic acids is 1. The zero-order valence-corrected chi connectivity index (χ0v) is 11.4. The van der Waals surface area contributed by atoms with Gasteiger partial charge in [0.25, 0.3) is 5.92 Å². The highest BCUT2D eigenvalue weighted by atomic mass is 19.3. The Morgan fingerprint density at radius 3 is 2.33 bits per heavy atom. The number of rotatable bonds is 1. The molecule has 0 radical (unpaired) electrons. The number of halogens is 4. The Bertz CT molecular complexity index is 441. The second-order valence-corrected chi connectivity index (χ2v) is 6.10. The summed E-state index contributed by atoms with van der Waals surface area (Å²) in [6.45, 7) is -1.24. The smallest absolute Gasteiger partial charge is 0.311 e. The van der Waals surface area contributed by atoms with Gasteiger partial charge in [-0.05, 0) is 18.8 Å². The average Bonchev–Trinajstić information content (AvgIpc) is 2.82. The van der Waals surface area contributed by atoms with Crippen LogP contribution in [-0.4, -0.2) is 59.6 Å². The second kappa shape index (κ2) is 5.14. The number of amides is 2. The minimum absolute atomic E-state index is 0.101. The van der Waals surface area contributed by atoms with Crippen LogP contribution in [0.5, 0.6) is 0 Å². The lowest BCUT2D eigenvalue weighted by atomic mass is 9.81. The van der Waals surface area contributed by atoms with Crippen LogP contribution in [0.2, 0.25) is 0 Å². The number of hydrogen-bond donors (Lipinski definition) is 0. The molecule has 4 nitrogen and oxygen atoms in total. The normalized spacial score (nSPS) is 38.5. The predicted molar refractivity (Wildman–Crippen MR) is 67.8 cm³/mol. The summed E-state index contributed by atoms with van der Waals surface area (Å²) < 4.78 is 52.7. The van der Waals surface area contributed by atoms with Gasteiger partial charge in [0.1, 0.15) is 12.3 Å². The minimum Gasteiger partial charge on any atom is -0.311 e. The van der Waals surface area contributed by atoms with Gasteiger partial charge in [-0.15, -0.1) is 0 Å². The molecule has 1 saturated carbocycles. The first-order chi connectivity index (χ1) is 9.85. The van der Waals surface area contributed by atoms with E-state index in [-0.39, 0.29) is 25.2 Å². The quantitative estimate of drug-likeness (QED) is 0.686. The van der Waals surface area contributed by atoms with E-state index in [9.17, 15) is 22.4 Å². The summed E-state index contributed by atoms with van der Waals surface area (Å²) in [5.41, 5.74) is 0. The number of hydrogen-bond acceptors (Lipinski definition) is 2. The van der Waals surface area contributed by atoms with Gasteiger partial charge in [-0.1, -0.05) is 0 Å². The molecule has 2 heterocycles. The molecule has 1 saturated heterocycles. The molecule has 0 aromatic heterocycles. The van der Waals surface area contributed by atoms with Crippen molar-refractivity contribution in [1.29, 1.82) is 0 Å². The zero-order valence-electron chi connectivity index (χ0n) is 11.4.